The van der Waals surface area contributed by atoms with E-state index < -0.39 is 0 Å². The van der Waals surface area contributed by atoms with Crippen LogP contribution in [0.15, 0.2) is 85.2 Å². The number of fused-ring (bicyclic) bond motifs is 2. The molecule has 0 aliphatic rings. The predicted molar refractivity (Wildman–Crippen MR) is 101 cm³/mol. The number of aromatic nitrogens is 2. The molecule has 0 radical (unpaired) electrons. The molecule has 0 unspecified atom stereocenters. The van der Waals surface area contributed by atoms with Gasteiger partial charge in [0.1, 0.15) is 0 Å². The summed E-state index contributed by atoms with van der Waals surface area (Å²) in [5, 5.41) is 2.40. The fraction of sp³-hybridized carbons (Fsp3) is 0. The molecule has 2 nitrogen and oxygen atoms in total. The van der Waals surface area contributed by atoms with Crippen LogP contribution in [-0.2, 0) is 11.3 Å². The molecule has 0 bridgehead atoms. The van der Waals surface area contributed by atoms with Gasteiger partial charge in [0.15, 0.2) is 0 Å². The van der Waals surface area contributed by atoms with Crippen LogP contribution in [0.1, 0.15) is 0 Å². The van der Waals surface area contributed by atoms with Gasteiger partial charge in [0.25, 0.3) is 0 Å². The van der Waals surface area contributed by atoms with Crippen molar-refractivity contribution in [3.8, 4) is 0 Å². The summed E-state index contributed by atoms with van der Waals surface area (Å²) in [6.07, 6.45) is 3.62. The first-order chi connectivity index (χ1) is 11.3. The van der Waals surface area contributed by atoms with Crippen molar-refractivity contribution in [3.63, 3.8) is 0 Å². The van der Waals surface area contributed by atoms with E-state index >= 15 is 0 Å². The molecule has 4 aromatic rings. The molecule has 0 aliphatic heterocycles. The maximum Gasteiger partial charge on any atom is 0.0701 e. The van der Waals surface area contributed by atoms with E-state index in [1.165, 1.54) is 10.8 Å². The van der Waals surface area contributed by atoms with E-state index in [4.69, 9.17) is 0 Å². The molecule has 0 saturated heterocycles. The zero-order valence-corrected chi connectivity index (χ0v) is 16.5. The molecule has 0 N–H and O–H groups in total. The summed E-state index contributed by atoms with van der Waals surface area (Å²) in [6.45, 7) is 0. The standard InChI is InChI=1S/2C9H7N.2BrH.Mn/c2*1-2-6-9-8(4-1)5-3-7-10-9;;;/h2*1-7H;2*1H;/q;;;;+2/p-2. The van der Waals surface area contributed by atoms with Crippen molar-refractivity contribution in [1.29, 1.82) is 0 Å². The Labute approximate surface area is 155 Å². The molecular weight excluding hydrogens is 459 g/mol. The normalized spacial score (nSPS) is 9.48. The van der Waals surface area contributed by atoms with Gasteiger partial charge in [0.2, 0.25) is 0 Å². The number of nitrogens with zero attached hydrogens (tertiary/aromatic N) is 2. The summed E-state index contributed by atoms with van der Waals surface area (Å²) < 4.78 is 0. The Morgan fingerprint density at radius 3 is 1.30 bits per heavy atom. The molecule has 0 aliphatic carbocycles. The third kappa shape index (κ3) is 6.03. The minimum atomic E-state index is 0.688. The van der Waals surface area contributed by atoms with E-state index in [1.54, 1.807) is 0 Å². The average Bonchev–Trinajstić information content (AvgIpc) is 2.63. The van der Waals surface area contributed by atoms with E-state index in [0.29, 0.717) is 11.3 Å². The van der Waals surface area contributed by atoms with Gasteiger partial charge in [-0.2, -0.15) is 0 Å². The average molecular weight is 473 g/mol. The van der Waals surface area contributed by atoms with Crippen molar-refractivity contribution in [1.82, 2.24) is 9.97 Å². The van der Waals surface area contributed by atoms with Crippen molar-refractivity contribution in [2.45, 2.75) is 0 Å². The van der Waals surface area contributed by atoms with Gasteiger partial charge in [0, 0.05) is 23.2 Å². The van der Waals surface area contributed by atoms with Gasteiger partial charge in [-0.05, 0) is 24.3 Å². The molecule has 23 heavy (non-hydrogen) atoms. The summed E-state index contributed by atoms with van der Waals surface area (Å²) in [7, 11) is 0. The Hall–Kier alpha value is -1.26. The van der Waals surface area contributed by atoms with Gasteiger partial charge in [-0.1, -0.05) is 48.5 Å². The van der Waals surface area contributed by atoms with Crippen molar-refractivity contribution in [2.24, 2.45) is 0 Å². The molecular formula is C18H14Br2MnN2. The molecule has 5 heteroatoms. The quantitative estimate of drug-likeness (QED) is 0.286. The van der Waals surface area contributed by atoms with Crippen LogP contribution in [0.4, 0.5) is 0 Å². The summed E-state index contributed by atoms with van der Waals surface area (Å²) >= 11 is 6.88. The van der Waals surface area contributed by atoms with Crippen LogP contribution in [0, 0.1) is 0 Å². The minimum absolute atomic E-state index is 0.688. The molecule has 0 amide bonds. The molecule has 0 saturated carbocycles. The zero-order valence-electron chi connectivity index (χ0n) is 12.1. The van der Waals surface area contributed by atoms with Gasteiger partial charge < -0.3 is 0 Å². The van der Waals surface area contributed by atoms with Crippen LogP contribution in [0.2, 0.25) is 0 Å². The number of hydrogen-bond acceptors (Lipinski definition) is 2. The van der Waals surface area contributed by atoms with Crippen LogP contribution in [0.25, 0.3) is 21.8 Å². The van der Waals surface area contributed by atoms with E-state index in [1.807, 2.05) is 60.9 Å². The first-order valence-corrected chi connectivity index (χ1v) is 12.7. The second-order valence-corrected chi connectivity index (χ2v) is 10.4. The predicted octanol–water partition coefficient (Wildman–Crippen LogP) is 6.16. The third-order valence-electron chi connectivity index (χ3n) is 3.02. The molecule has 0 spiro atoms. The summed E-state index contributed by atoms with van der Waals surface area (Å²) in [6, 6.07) is 24.2. The van der Waals surface area contributed by atoms with Crippen LogP contribution < -0.4 is 0 Å². The monoisotopic (exact) mass is 471 g/mol. The zero-order chi connectivity index (χ0) is 16.3. The topological polar surface area (TPSA) is 25.8 Å². The Bertz CT molecular complexity index is 653. The number of benzene rings is 2. The second-order valence-electron chi connectivity index (χ2n) is 4.45. The fourth-order valence-corrected chi connectivity index (χ4v) is 2.03. The first-order valence-electron chi connectivity index (χ1n) is 6.81. The fourth-order valence-electron chi connectivity index (χ4n) is 2.03. The number of halogens is 2. The Morgan fingerprint density at radius 2 is 0.913 bits per heavy atom. The number of rotatable bonds is 0. The largest absolute Gasteiger partial charge is 0.256 e. The molecule has 117 valence electrons. The van der Waals surface area contributed by atoms with Crippen molar-refractivity contribution in [3.05, 3.63) is 85.2 Å². The van der Waals surface area contributed by atoms with E-state index in [2.05, 4.69) is 62.5 Å². The van der Waals surface area contributed by atoms with Crippen molar-refractivity contribution >= 4 is 50.0 Å². The van der Waals surface area contributed by atoms with Gasteiger partial charge in [-0.3, -0.25) is 9.97 Å². The van der Waals surface area contributed by atoms with Gasteiger partial charge in [-0.15, -0.1) is 0 Å². The first kappa shape index (κ1) is 18.1. The Balaban J connectivity index is 0.000000143. The van der Waals surface area contributed by atoms with Crippen LogP contribution in [-0.4, -0.2) is 9.97 Å². The van der Waals surface area contributed by atoms with Crippen molar-refractivity contribution < 1.29 is 11.3 Å². The van der Waals surface area contributed by atoms with Crippen LogP contribution in [0.5, 0.6) is 0 Å². The SMILES string of the molecule is [Br][Mn][Br].c1ccc2ncccc2c1.c1ccc2ncccc2c1. The number of pyridine rings is 2. The van der Waals surface area contributed by atoms with Gasteiger partial charge >= 0.3 is 39.6 Å². The minimum Gasteiger partial charge on any atom is -0.256 e. The summed E-state index contributed by atoms with van der Waals surface area (Å²) in [5.74, 6) is 0. The molecule has 2 heterocycles. The summed E-state index contributed by atoms with van der Waals surface area (Å²) in [5.41, 5.74) is 2.12. The molecule has 2 aromatic carbocycles. The van der Waals surface area contributed by atoms with Gasteiger partial charge in [-0.25, -0.2) is 0 Å². The number of hydrogen-bond donors (Lipinski definition) is 0. The van der Waals surface area contributed by atoms with E-state index in [9.17, 15) is 0 Å². The third-order valence-corrected chi connectivity index (χ3v) is 3.02. The maximum absolute atomic E-state index is 4.18. The smallest absolute Gasteiger partial charge is 0.0701 e. The van der Waals surface area contributed by atoms with Crippen molar-refractivity contribution in [2.75, 3.05) is 0 Å². The molecule has 4 rings (SSSR count). The Morgan fingerprint density at radius 1 is 0.565 bits per heavy atom. The Kier molecular flexibility index (Phi) is 8.26. The number of para-hydroxylation sites is 2. The maximum atomic E-state index is 4.18. The van der Waals surface area contributed by atoms with Crippen LogP contribution in [0.3, 0.4) is 0 Å². The molecule has 0 fully saturated rings. The van der Waals surface area contributed by atoms with Gasteiger partial charge in [0.05, 0.1) is 11.0 Å². The second kappa shape index (κ2) is 10.5. The van der Waals surface area contributed by atoms with E-state index in [-0.39, 0.29) is 0 Å². The molecule has 0 atom stereocenters. The molecule has 2 aromatic heterocycles. The van der Waals surface area contributed by atoms with Crippen LogP contribution >= 0.6 is 28.2 Å². The summed E-state index contributed by atoms with van der Waals surface area (Å²) in [4.78, 5) is 8.36. The van der Waals surface area contributed by atoms with E-state index in [0.717, 1.165) is 11.0 Å².